The predicted molar refractivity (Wildman–Crippen MR) is 36.5 cm³/mol. The molecule has 3 aliphatic rings. The summed E-state index contributed by atoms with van der Waals surface area (Å²) >= 11 is 0. The summed E-state index contributed by atoms with van der Waals surface area (Å²) in [4.78, 5) is 0. The van der Waals surface area contributed by atoms with E-state index < -0.39 is 0 Å². The lowest BCUT2D eigenvalue weighted by Gasteiger charge is -2.50. The van der Waals surface area contributed by atoms with Gasteiger partial charge in [0.1, 0.15) is 0 Å². The molecule has 0 radical (unpaired) electrons. The van der Waals surface area contributed by atoms with Gasteiger partial charge in [-0.05, 0) is 18.8 Å². The fourth-order valence-electron chi connectivity index (χ4n) is 1.96. The number of aliphatic hydroxyl groups is 2. The molecule has 3 nitrogen and oxygen atoms in total. The summed E-state index contributed by atoms with van der Waals surface area (Å²) in [6.45, 7) is 0.210. The van der Waals surface area contributed by atoms with Gasteiger partial charge >= 0.3 is 0 Å². The van der Waals surface area contributed by atoms with Crippen molar-refractivity contribution in [2.45, 2.75) is 31.0 Å². The topological polar surface area (TPSA) is 52.5 Å². The van der Waals surface area contributed by atoms with Gasteiger partial charge in [-0.15, -0.1) is 0 Å². The summed E-state index contributed by atoms with van der Waals surface area (Å²) in [6, 6.07) is 0.811. The van der Waals surface area contributed by atoms with Crippen LogP contribution in [0.2, 0.25) is 0 Å². The Balaban J connectivity index is 1.99. The number of aliphatic hydroxyl groups excluding tert-OH is 2. The van der Waals surface area contributed by atoms with E-state index in [-0.39, 0.29) is 12.7 Å². The summed E-state index contributed by atoms with van der Waals surface area (Å²) < 4.78 is 0. The van der Waals surface area contributed by atoms with Crippen molar-refractivity contribution in [3.05, 3.63) is 0 Å². The third-order valence-electron chi connectivity index (χ3n) is 2.75. The van der Waals surface area contributed by atoms with Crippen molar-refractivity contribution in [1.29, 1.82) is 0 Å². The molecule has 2 bridgehead atoms. The molecule has 1 saturated carbocycles. The van der Waals surface area contributed by atoms with Gasteiger partial charge < -0.3 is 15.5 Å². The van der Waals surface area contributed by atoms with Crippen LogP contribution in [-0.2, 0) is 0 Å². The lowest BCUT2D eigenvalue weighted by molar-refractivity contribution is -0.0352. The molecule has 4 unspecified atom stereocenters. The second kappa shape index (κ2) is 2.19. The molecular formula is C7H13NO2. The van der Waals surface area contributed by atoms with Gasteiger partial charge in [-0.1, -0.05) is 0 Å². The van der Waals surface area contributed by atoms with E-state index in [1.165, 1.54) is 0 Å². The maximum absolute atomic E-state index is 9.34. The first-order valence-corrected chi connectivity index (χ1v) is 3.86. The van der Waals surface area contributed by atoms with E-state index in [4.69, 9.17) is 5.11 Å². The summed E-state index contributed by atoms with van der Waals surface area (Å²) in [7, 11) is 0. The van der Waals surface area contributed by atoms with Crippen LogP contribution in [0.5, 0.6) is 0 Å². The molecule has 1 aliphatic carbocycles. The molecule has 4 atom stereocenters. The van der Waals surface area contributed by atoms with Gasteiger partial charge in [0.25, 0.3) is 0 Å². The van der Waals surface area contributed by atoms with E-state index in [0.29, 0.717) is 18.0 Å². The normalized spacial score (nSPS) is 52.2. The summed E-state index contributed by atoms with van der Waals surface area (Å²) in [5.41, 5.74) is 0. The van der Waals surface area contributed by atoms with Gasteiger partial charge in [-0.2, -0.15) is 0 Å². The zero-order valence-corrected chi connectivity index (χ0v) is 5.83. The highest BCUT2D eigenvalue weighted by atomic mass is 16.3. The minimum atomic E-state index is -0.220. The van der Waals surface area contributed by atoms with Crippen LogP contribution in [0.1, 0.15) is 12.8 Å². The molecule has 2 saturated heterocycles. The third kappa shape index (κ3) is 0.779. The first-order valence-electron chi connectivity index (χ1n) is 3.86. The number of nitrogens with one attached hydrogen (secondary N) is 1. The van der Waals surface area contributed by atoms with Gasteiger partial charge in [-0.3, -0.25) is 0 Å². The van der Waals surface area contributed by atoms with Crippen molar-refractivity contribution in [1.82, 2.24) is 5.32 Å². The average molecular weight is 143 g/mol. The Morgan fingerprint density at radius 2 is 2.00 bits per heavy atom. The minimum Gasteiger partial charge on any atom is -0.396 e. The molecule has 2 aliphatic heterocycles. The first-order chi connectivity index (χ1) is 4.81. The van der Waals surface area contributed by atoms with Gasteiger partial charge in [0.2, 0.25) is 0 Å². The molecule has 0 aromatic rings. The Morgan fingerprint density at radius 3 is 2.40 bits per heavy atom. The Morgan fingerprint density at radius 1 is 1.30 bits per heavy atom. The third-order valence-corrected chi connectivity index (χ3v) is 2.75. The molecule has 0 amide bonds. The molecule has 3 fully saturated rings. The molecule has 58 valence electrons. The molecule has 3 N–H and O–H groups in total. The van der Waals surface area contributed by atoms with Crippen LogP contribution < -0.4 is 5.32 Å². The summed E-state index contributed by atoms with van der Waals surface area (Å²) in [5, 5.41) is 21.4. The van der Waals surface area contributed by atoms with Crippen LogP contribution in [0.15, 0.2) is 0 Å². The standard InChI is InChI=1S/C7H13NO2/c9-3-4-1-7(10)6-2-5(4)8-6/h4-10H,1-3H2. The predicted octanol–water partition coefficient (Wildman–Crippen LogP) is -0.910. The zero-order chi connectivity index (χ0) is 7.14. The van der Waals surface area contributed by atoms with Gasteiger partial charge in [0, 0.05) is 18.7 Å². The zero-order valence-electron chi connectivity index (χ0n) is 5.83. The van der Waals surface area contributed by atoms with Crippen molar-refractivity contribution in [2.24, 2.45) is 5.92 Å². The quantitative estimate of drug-likeness (QED) is 0.445. The lowest BCUT2D eigenvalue weighted by atomic mass is 9.73. The second-order valence-corrected chi connectivity index (χ2v) is 3.36. The number of hydrogen-bond acceptors (Lipinski definition) is 3. The van der Waals surface area contributed by atoms with E-state index in [1.54, 1.807) is 0 Å². The monoisotopic (exact) mass is 143 g/mol. The minimum absolute atomic E-state index is 0.210. The molecular weight excluding hydrogens is 130 g/mol. The van der Waals surface area contributed by atoms with Crippen molar-refractivity contribution >= 4 is 0 Å². The van der Waals surface area contributed by atoms with Crippen LogP contribution in [0.3, 0.4) is 0 Å². The molecule has 2 heterocycles. The average Bonchev–Trinajstić information content (AvgIpc) is 1.84. The first kappa shape index (κ1) is 6.58. The maximum Gasteiger partial charge on any atom is 0.0697 e. The highest BCUT2D eigenvalue weighted by Crippen LogP contribution is 2.32. The summed E-state index contributed by atoms with van der Waals surface area (Å²) in [5.74, 6) is 0.292. The van der Waals surface area contributed by atoms with Crippen molar-refractivity contribution in [3.63, 3.8) is 0 Å². The molecule has 0 aromatic heterocycles. The Kier molecular flexibility index (Phi) is 1.44. The van der Waals surface area contributed by atoms with Gasteiger partial charge in [-0.25, -0.2) is 0 Å². The van der Waals surface area contributed by atoms with Crippen LogP contribution >= 0.6 is 0 Å². The van der Waals surface area contributed by atoms with Crippen molar-refractivity contribution in [2.75, 3.05) is 6.61 Å². The van der Waals surface area contributed by atoms with Crippen molar-refractivity contribution < 1.29 is 10.2 Å². The van der Waals surface area contributed by atoms with E-state index >= 15 is 0 Å². The summed E-state index contributed by atoms with van der Waals surface area (Å²) in [6.07, 6.45) is 1.60. The molecule has 0 aromatic carbocycles. The smallest absolute Gasteiger partial charge is 0.0697 e. The molecule has 0 spiro atoms. The maximum atomic E-state index is 9.34. The number of piperidine rings is 1. The second-order valence-electron chi connectivity index (χ2n) is 3.36. The van der Waals surface area contributed by atoms with Crippen LogP contribution in [0.4, 0.5) is 0 Å². The number of rotatable bonds is 1. The number of fused-ring (bicyclic) bond motifs is 2. The lowest BCUT2D eigenvalue weighted by Crippen LogP contribution is -2.66. The fraction of sp³-hybridized carbons (Fsp3) is 1.00. The van der Waals surface area contributed by atoms with E-state index in [0.717, 1.165) is 12.8 Å². The largest absolute Gasteiger partial charge is 0.396 e. The molecule has 3 heteroatoms. The highest BCUT2D eigenvalue weighted by Gasteiger charge is 2.44. The van der Waals surface area contributed by atoms with Gasteiger partial charge in [0.15, 0.2) is 0 Å². The van der Waals surface area contributed by atoms with E-state index in [9.17, 15) is 5.11 Å². The van der Waals surface area contributed by atoms with Crippen molar-refractivity contribution in [3.8, 4) is 0 Å². The van der Waals surface area contributed by atoms with E-state index in [1.807, 2.05) is 0 Å². The van der Waals surface area contributed by atoms with Crippen LogP contribution in [0, 0.1) is 5.92 Å². The van der Waals surface area contributed by atoms with Crippen LogP contribution in [-0.4, -0.2) is 35.0 Å². The number of hydrogen-bond donors (Lipinski definition) is 3. The highest BCUT2D eigenvalue weighted by molar-refractivity contribution is 5.02. The van der Waals surface area contributed by atoms with E-state index in [2.05, 4.69) is 5.32 Å². The Bertz CT molecular complexity index is 134. The molecule has 3 rings (SSSR count). The Labute approximate surface area is 60.1 Å². The molecule has 10 heavy (non-hydrogen) atoms. The SMILES string of the molecule is OCC1CC(O)C2CC1N2. The van der Waals surface area contributed by atoms with Gasteiger partial charge in [0.05, 0.1) is 6.10 Å². The fourth-order valence-corrected chi connectivity index (χ4v) is 1.96. The Hall–Kier alpha value is -0.120. The van der Waals surface area contributed by atoms with Crippen LogP contribution in [0.25, 0.3) is 0 Å².